The van der Waals surface area contributed by atoms with Crippen molar-refractivity contribution in [2.75, 3.05) is 11.4 Å². The molecule has 2 aliphatic rings. The molecule has 2 unspecified atom stereocenters. The van der Waals surface area contributed by atoms with E-state index in [1.807, 2.05) is 0 Å². The van der Waals surface area contributed by atoms with Crippen molar-refractivity contribution in [3.05, 3.63) is 30.1 Å². The summed E-state index contributed by atoms with van der Waals surface area (Å²) >= 11 is 0. The number of nitrogens with zero attached hydrogens (tertiary/aromatic N) is 1. The number of fused-ring (bicyclic) bond motifs is 1. The standard InChI is InChI=1S/C11H10FNO/c12-8-1-3-9(4-2-8)13-6-7-5-10(7)11(13)14/h1-4,7,10H,5-6H2. The molecule has 72 valence electrons. The number of hydrogen-bond acceptors (Lipinski definition) is 1. The van der Waals surface area contributed by atoms with E-state index in [0.29, 0.717) is 5.92 Å². The number of rotatable bonds is 1. The molecule has 1 aliphatic carbocycles. The summed E-state index contributed by atoms with van der Waals surface area (Å²) in [5.41, 5.74) is 0.823. The van der Waals surface area contributed by atoms with Crippen LogP contribution in [0.1, 0.15) is 6.42 Å². The van der Waals surface area contributed by atoms with Crippen LogP contribution in [0.5, 0.6) is 0 Å². The Morgan fingerprint density at radius 2 is 2.00 bits per heavy atom. The van der Waals surface area contributed by atoms with E-state index in [2.05, 4.69) is 0 Å². The second-order valence-corrected chi connectivity index (χ2v) is 4.03. The largest absolute Gasteiger partial charge is 0.312 e. The molecule has 1 saturated carbocycles. The predicted molar refractivity (Wildman–Crippen MR) is 50.4 cm³/mol. The van der Waals surface area contributed by atoms with Gasteiger partial charge in [0.05, 0.1) is 0 Å². The molecule has 2 fully saturated rings. The molecule has 0 N–H and O–H groups in total. The van der Waals surface area contributed by atoms with Gasteiger partial charge in [0, 0.05) is 18.2 Å². The molecule has 1 amide bonds. The van der Waals surface area contributed by atoms with Gasteiger partial charge in [-0.25, -0.2) is 4.39 Å². The van der Waals surface area contributed by atoms with Crippen LogP contribution in [0, 0.1) is 17.7 Å². The van der Waals surface area contributed by atoms with Crippen LogP contribution in [-0.2, 0) is 4.79 Å². The van der Waals surface area contributed by atoms with Crippen molar-refractivity contribution in [2.45, 2.75) is 6.42 Å². The maximum absolute atomic E-state index is 12.7. The van der Waals surface area contributed by atoms with Gasteiger partial charge in [-0.3, -0.25) is 4.79 Å². The van der Waals surface area contributed by atoms with Crippen LogP contribution in [0.25, 0.3) is 0 Å². The molecule has 1 saturated heterocycles. The quantitative estimate of drug-likeness (QED) is 0.663. The highest BCUT2D eigenvalue weighted by molar-refractivity contribution is 5.99. The zero-order valence-electron chi connectivity index (χ0n) is 7.61. The second-order valence-electron chi connectivity index (χ2n) is 4.03. The molecular weight excluding hydrogens is 181 g/mol. The van der Waals surface area contributed by atoms with Gasteiger partial charge in [-0.2, -0.15) is 0 Å². The zero-order chi connectivity index (χ0) is 9.71. The smallest absolute Gasteiger partial charge is 0.230 e. The summed E-state index contributed by atoms with van der Waals surface area (Å²) < 4.78 is 12.7. The first-order chi connectivity index (χ1) is 6.75. The van der Waals surface area contributed by atoms with Gasteiger partial charge in [0.2, 0.25) is 5.91 Å². The van der Waals surface area contributed by atoms with E-state index >= 15 is 0 Å². The number of hydrogen-bond donors (Lipinski definition) is 0. The second kappa shape index (κ2) is 2.56. The van der Waals surface area contributed by atoms with Crippen molar-refractivity contribution >= 4 is 11.6 Å². The van der Waals surface area contributed by atoms with Gasteiger partial charge in [0.1, 0.15) is 5.82 Å². The molecule has 2 nitrogen and oxygen atoms in total. The van der Waals surface area contributed by atoms with Gasteiger partial charge < -0.3 is 4.90 Å². The van der Waals surface area contributed by atoms with Gasteiger partial charge >= 0.3 is 0 Å². The molecule has 1 aromatic carbocycles. The first-order valence-corrected chi connectivity index (χ1v) is 4.82. The highest BCUT2D eigenvalue weighted by atomic mass is 19.1. The fourth-order valence-corrected chi connectivity index (χ4v) is 2.13. The topological polar surface area (TPSA) is 20.3 Å². The number of halogens is 1. The van der Waals surface area contributed by atoms with Crippen LogP contribution in [0.3, 0.4) is 0 Å². The van der Waals surface area contributed by atoms with Crippen LogP contribution >= 0.6 is 0 Å². The van der Waals surface area contributed by atoms with E-state index in [0.717, 1.165) is 18.7 Å². The Balaban J connectivity index is 1.89. The first-order valence-electron chi connectivity index (χ1n) is 4.82. The van der Waals surface area contributed by atoms with Gasteiger partial charge in [0.15, 0.2) is 0 Å². The molecule has 0 radical (unpaired) electrons. The summed E-state index contributed by atoms with van der Waals surface area (Å²) in [7, 11) is 0. The highest BCUT2D eigenvalue weighted by Crippen LogP contribution is 2.47. The number of benzene rings is 1. The minimum atomic E-state index is -0.259. The Kier molecular flexibility index (Phi) is 1.46. The summed E-state index contributed by atoms with van der Waals surface area (Å²) in [5.74, 6) is 0.778. The van der Waals surface area contributed by atoms with Crippen molar-refractivity contribution in [3.8, 4) is 0 Å². The summed E-state index contributed by atoms with van der Waals surface area (Å²) in [6, 6.07) is 6.12. The monoisotopic (exact) mass is 191 g/mol. The predicted octanol–water partition coefficient (Wildman–Crippen LogP) is 1.81. The summed E-state index contributed by atoms with van der Waals surface area (Å²) in [4.78, 5) is 13.4. The van der Waals surface area contributed by atoms with Gasteiger partial charge in [0.25, 0.3) is 0 Å². The number of piperidine rings is 1. The molecule has 2 atom stereocenters. The lowest BCUT2D eigenvalue weighted by Crippen LogP contribution is -2.27. The number of carbonyl (C=O) groups excluding carboxylic acids is 1. The van der Waals surface area contributed by atoms with Gasteiger partial charge in [-0.15, -0.1) is 0 Å². The van der Waals surface area contributed by atoms with Crippen molar-refractivity contribution in [1.82, 2.24) is 0 Å². The summed E-state index contributed by atoms with van der Waals surface area (Å²) in [6.07, 6.45) is 1.05. The maximum atomic E-state index is 12.7. The van der Waals surface area contributed by atoms with Crippen LogP contribution in [0.4, 0.5) is 10.1 Å². The minimum Gasteiger partial charge on any atom is -0.312 e. The third kappa shape index (κ3) is 1.05. The van der Waals surface area contributed by atoms with Crippen molar-refractivity contribution in [2.24, 2.45) is 11.8 Å². The zero-order valence-corrected chi connectivity index (χ0v) is 7.61. The lowest BCUT2D eigenvalue weighted by atomic mass is 10.2. The number of anilines is 1. The average molecular weight is 191 g/mol. The minimum absolute atomic E-state index is 0.210. The van der Waals surface area contributed by atoms with Crippen LogP contribution in [0.15, 0.2) is 24.3 Å². The van der Waals surface area contributed by atoms with E-state index in [1.54, 1.807) is 17.0 Å². The molecule has 1 aliphatic heterocycles. The lowest BCUT2D eigenvalue weighted by Gasteiger charge is -2.17. The molecule has 0 bridgehead atoms. The van der Waals surface area contributed by atoms with Crippen LogP contribution in [-0.4, -0.2) is 12.5 Å². The number of carbonyl (C=O) groups is 1. The average Bonchev–Trinajstić information content (AvgIpc) is 2.88. The molecule has 0 spiro atoms. The number of amides is 1. The summed E-state index contributed by atoms with van der Waals surface area (Å²) in [6.45, 7) is 0.815. The first kappa shape index (κ1) is 7.97. The SMILES string of the molecule is O=C1C2CC2CN1c1ccc(F)cc1. The Morgan fingerprint density at radius 1 is 1.29 bits per heavy atom. The van der Waals surface area contributed by atoms with Gasteiger partial charge in [-0.1, -0.05) is 0 Å². The van der Waals surface area contributed by atoms with E-state index in [4.69, 9.17) is 0 Å². The molecule has 0 aromatic heterocycles. The van der Waals surface area contributed by atoms with E-state index in [1.165, 1.54) is 12.1 Å². The molecule has 1 aromatic rings. The van der Waals surface area contributed by atoms with Crippen LogP contribution in [0.2, 0.25) is 0 Å². The van der Waals surface area contributed by atoms with Crippen LogP contribution < -0.4 is 4.90 Å². The van der Waals surface area contributed by atoms with Crippen molar-refractivity contribution in [1.29, 1.82) is 0 Å². The maximum Gasteiger partial charge on any atom is 0.230 e. The fourth-order valence-electron chi connectivity index (χ4n) is 2.13. The Labute approximate surface area is 81.3 Å². The molecule has 3 rings (SSSR count). The Bertz CT molecular complexity index is 387. The molecule has 14 heavy (non-hydrogen) atoms. The molecule has 3 heteroatoms. The Hall–Kier alpha value is -1.38. The highest BCUT2D eigenvalue weighted by Gasteiger charge is 2.52. The van der Waals surface area contributed by atoms with E-state index in [9.17, 15) is 9.18 Å². The normalized spacial score (nSPS) is 29.2. The summed E-state index contributed by atoms with van der Waals surface area (Å²) in [5, 5.41) is 0. The van der Waals surface area contributed by atoms with E-state index < -0.39 is 0 Å². The van der Waals surface area contributed by atoms with E-state index in [-0.39, 0.29) is 17.6 Å². The lowest BCUT2D eigenvalue weighted by molar-refractivity contribution is -0.118. The third-order valence-corrected chi connectivity index (χ3v) is 3.06. The molecule has 1 heterocycles. The molecular formula is C11H10FNO. The Morgan fingerprint density at radius 3 is 2.57 bits per heavy atom. The van der Waals surface area contributed by atoms with Crippen molar-refractivity contribution < 1.29 is 9.18 Å². The van der Waals surface area contributed by atoms with Crippen molar-refractivity contribution in [3.63, 3.8) is 0 Å². The fraction of sp³-hybridized carbons (Fsp3) is 0.364. The van der Waals surface area contributed by atoms with Gasteiger partial charge in [-0.05, 0) is 36.6 Å². The third-order valence-electron chi connectivity index (χ3n) is 3.06.